The number of carbonyl (C=O) groups is 1. The van der Waals surface area contributed by atoms with Gasteiger partial charge in [-0.25, -0.2) is 4.79 Å². The lowest BCUT2D eigenvalue weighted by Gasteiger charge is -2.46. The lowest BCUT2D eigenvalue weighted by atomic mass is 9.89. The first-order valence-corrected chi connectivity index (χ1v) is 4.78. The number of carboxylic acids is 1. The van der Waals surface area contributed by atoms with Crippen molar-refractivity contribution in [1.82, 2.24) is 15.4 Å². The molecule has 7 heteroatoms. The van der Waals surface area contributed by atoms with Crippen LogP contribution in [-0.4, -0.2) is 39.5 Å². The highest BCUT2D eigenvalue weighted by Gasteiger charge is 2.43. The number of nitrogens with zero attached hydrogens (tertiary/aromatic N) is 2. The summed E-state index contributed by atoms with van der Waals surface area (Å²) in [5, 5.41) is 18.4. The summed E-state index contributed by atoms with van der Waals surface area (Å²) < 4.78 is 0. The Bertz CT molecular complexity index is 374. The lowest BCUT2D eigenvalue weighted by molar-refractivity contribution is -0.134. The van der Waals surface area contributed by atoms with E-state index in [9.17, 15) is 9.90 Å². The highest BCUT2D eigenvalue weighted by molar-refractivity contribution is 5.94. The van der Waals surface area contributed by atoms with Crippen LogP contribution in [0.1, 0.15) is 20.8 Å². The highest BCUT2D eigenvalue weighted by atomic mass is 16.4. The van der Waals surface area contributed by atoms with E-state index in [4.69, 9.17) is 11.3 Å². The van der Waals surface area contributed by atoms with E-state index in [0.717, 1.165) is 0 Å². The van der Waals surface area contributed by atoms with Gasteiger partial charge < -0.3 is 10.0 Å². The third-order valence-electron chi connectivity index (χ3n) is 2.91. The number of hydrogen-bond donors (Lipinski definition) is 4. The molecule has 0 unspecified atom stereocenters. The van der Waals surface area contributed by atoms with Gasteiger partial charge in [-0.15, -0.1) is 0 Å². The number of carboxylic acid groups (broad SMARTS) is 1. The van der Waals surface area contributed by atoms with Gasteiger partial charge in [0.05, 0.1) is 11.1 Å². The molecule has 1 heterocycles. The van der Waals surface area contributed by atoms with Crippen LogP contribution >= 0.6 is 0 Å². The lowest BCUT2D eigenvalue weighted by Crippen LogP contribution is -2.65. The van der Waals surface area contributed by atoms with Gasteiger partial charge in [-0.2, -0.15) is 5.53 Å². The molecule has 0 aromatic heterocycles. The minimum Gasteiger partial charge on any atom is -0.478 e. The van der Waals surface area contributed by atoms with Crippen LogP contribution in [-0.2, 0) is 4.79 Å². The van der Waals surface area contributed by atoms with E-state index in [1.54, 1.807) is 27.8 Å². The standard InChI is InChI=1S/C9H17N5O2/c1-5-6(7(15)16)9(2,3)14(12-11)8(10)13(5)4/h10,12H,11H2,1-4H3,(H,15,16). The van der Waals surface area contributed by atoms with E-state index in [1.165, 1.54) is 9.91 Å². The van der Waals surface area contributed by atoms with Gasteiger partial charge in [0, 0.05) is 12.7 Å². The van der Waals surface area contributed by atoms with E-state index < -0.39 is 11.5 Å². The molecule has 0 saturated carbocycles. The topological polar surface area (TPSA) is 106 Å². The van der Waals surface area contributed by atoms with Crippen LogP contribution in [0.25, 0.3) is 0 Å². The summed E-state index contributed by atoms with van der Waals surface area (Å²) in [4.78, 5) is 12.7. The molecule has 0 aromatic carbocycles. The normalized spacial score (nSPS) is 20.4. The molecule has 1 aliphatic rings. The third-order valence-corrected chi connectivity index (χ3v) is 2.91. The Morgan fingerprint density at radius 2 is 2.06 bits per heavy atom. The SMILES string of the molecule is CC1=C(C(=O)O)C(C)(C)N(NN)C(=N)N1C. The largest absolute Gasteiger partial charge is 0.478 e. The highest BCUT2D eigenvalue weighted by Crippen LogP contribution is 2.31. The zero-order valence-corrected chi connectivity index (χ0v) is 9.83. The number of hydrazine groups is 2. The molecule has 90 valence electrons. The van der Waals surface area contributed by atoms with Gasteiger partial charge in [0.1, 0.15) is 0 Å². The Balaban J connectivity index is 3.42. The van der Waals surface area contributed by atoms with Crippen LogP contribution in [0.15, 0.2) is 11.3 Å². The van der Waals surface area contributed by atoms with Crippen molar-refractivity contribution in [3.8, 4) is 0 Å². The van der Waals surface area contributed by atoms with Gasteiger partial charge in [-0.1, -0.05) is 0 Å². The second kappa shape index (κ2) is 3.76. The second-order valence-electron chi connectivity index (χ2n) is 4.17. The van der Waals surface area contributed by atoms with Crippen LogP contribution in [0.4, 0.5) is 0 Å². The molecule has 5 N–H and O–H groups in total. The van der Waals surface area contributed by atoms with E-state index in [0.29, 0.717) is 5.70 Å². The van der Waals surface area contributed by atoms with E-state index in [1.807, 2.05) is 0 Å². The summed E-state index contributed by atoms with van der Waals surface area (Å²) in [7, 11) is 1.63. The van der Waals surface area contributed by atoms with Gasteiger partial charge in [-0.05, 0) is 20.8 Å². The second-order valence-corrected chi connectivity index (χ2v) is 4.17. The number of allylic oxidation sites excluding steroid dienone is 1. The van der Waals surface area contributed by atoms with Crippen molar-refractivity contribution in [2.24, 2.45) is 5.84 Å². The summed E-state index contributed by atoms with van der Waals surface area (Å²) in [6, 6.07) is 0. The zero-order chi connectivity index (χ0) is 12.7. The van der Waals surface area contributed by atoms with Crippen molar-refractivity contribution in [2.45, 2.75) is 26.3 Å². The van der Waals surface area contributed by atoms with Crippen LogP contribution in [0.2, 0.25) is 0 Å². The average molecular weight is 227 g/mol. The van der Waals surface area contributed by atoms with E-state index >= 15 is 0 Å². The van der Waals surface area contributed by atoms with Gasteiger partial charge in [-0.3, -0.25) is 16.3 Å². The molecule has 0 fully saturated rings. The van der Waals surface area contributed by atoms with Crippen molar-refractivity contribution in [3.05, 3.63) is 11.3 Å². The number of nitrogens with two attached hydrogens (primary N) is 1. The van der Waals surface area contributed by atoms with Crippen molar-refractivity contribution in [2.75, 3.05) is 7.05 Å². The zero-order valence-electron chi connectivity index (χ0n) is 9.83. The Morgan fingerprint density at radius 1 is 1.56 bits per heavy atom. The molecule has 0 radical (unpaired) electrons. The first kappa shape index (κ1) is 12.5. The predicted molar refractivity (Wildman–Crippen MR) is 59.1 cm³/mol. The van der Waals surface area contributed by atoms with E-state index in [2.05, 4.69) is 5.53 Å². The number of hydrogen-bond acceptors (Lipinski definition) is 4. The maximum absolute atomic E-state index is 11.2. The molecule has 0 aromatic rings. The molecule has 0 amide bonds. The van der Waals surface area contributed by atoms with Gasteiger partial charge in [0.2, 0.25) is 5.96 Å². The molecule has 0 spiro atoms. The molecular weight excluding hydrogens is 210 g/mol. The van der Waals surface area contributed by atoms with Crippen LogP contribution in [0.3, 0.4) is 0 Å². The molecule has 1 rings (SSSR count). The van der Waals surface area contributed by atoms with Crippen LogP contribution in [0, 0.1) is 5.41 Å². The molecular formula is C9H17N5O2. The van der Waals surface area contributed by atoms with Crippen molar-refractivity contribution >= 4 is 11.9 Å². The summed E-state index contributed by atoms with van der Waals surface area (Å²) in [5.41, 5.74) is 2.22. The molecule has 0 aliphatic carbocycles. The fourth-order valence-corrected chi connectivity index (χ4v) is 1.93. The molecule has 0 saturated heterocycles. The number of guanidine groups is 1. The van der Waals surface area contributed by atoms with Gasteiger partial charge >= 0.3 is 5.97 Å². The fourth-order valence-electron chi connectivity index (χ4n) is 1.93. The van der Waals surface area contributed by atoms with Crippen LogP contribution < -0.4 is 11.4 Å². The Hall–Kier alpha value is -1.60. The minimum absolute atomic E-state index is 0.106. The Kier molecular flexibility index (Phi) is 2.93. The molecule has 16 heavy (non-hydrogen) atoms. The maximum atomic E-state index is 11.2. The smallest absolute Gasteiger partial charge is 0.335 e. The van der Waals surface area contributed by atoms with Gasteiger partial charge in [0.25, 0.3) is 0 Å². The third kappa shape index (κ3) is 1.54. The molecule has 1 aliphatic heterocycles. The van der Waals surface area contributed by atoms with Crippen molar-refractivity contribution in [3.63, 3.8) is 0 Å². The first-order valence-electron chi connectivity index (χ1n) is 4.78. The summed E-state index contributed by atoms with van der Waals surface area (Å²) in [6.45, 7) is 5.07. The summed E-state index contributed by atoms with van der Waals surface area (Å²) in [5.74, 6) is 4.43. The monoisotopic (exact) mass is 227 g/mol. The Labute approximate surface area is 94.0 Å². The van der Waals surface area contributed by atoms with Crippen LogP contribution in [0.5, 0.6) is 0 Å². The average Bonchev–Trinajstić information content (AvgIpc) is 2.14. The molecule has 7 nitrogen and oxygen atoms in total. The quantitative estimate of drug-likeness (QED) is 0.381. The number of aliphatic carboxylic acids is 1. The maximum Gasteiger partial charge on any atom is 0.335 e. The molecule has 0 atom stereocenters. The first-order chi connectivity index (χ1) is 7.25. The fraction of sp³-hybridized carbons (Fsp3) is 0.556. The van der Waals surface area contributed by atoms with Gasteiger partial charge in [0.15, 0.2) is 0 Å². The van der Waals surface area contributed by atoms with Crippen molar-refractivity contribution < 1.29 is 9.90 Å². The number of nitrogens with one attached hydrogen (secondary N) is 2. The van der Waals surface area contributed by atoms with E-state index in [-0.39, 0.29) is 11.5 Å². The predicted octanol–water partition coefficient (Wildman–Crippen LogP) is -0.316. The Morgan fingerprint density at radius 3 is 2.44 bits per heavy atom. The summed E-state index contributed by atoms with van der Waals surface area (Å²) in [6.07, 6.45) is 0. The van der Waals surface area contributed by atoms with Crippen molar-refractivity contribution in [1.29, 1.82) is 5.41 Å². The number of rotatable bonds is 2. The minimum atomic E-state index is -1.01. The summed E-state index contributed by atoms with van der Waals surface area (Å²) >= 11 is 0. The molecule has 0 bridgehead atoms.